The lowest BCUT2D eigenvalue weighted by Crippen LogP contribution is -2.19. The number of aromatic amines is 1. The molecule has 0 saturated heterocycles. The molecule has 0 aliphatic rings. The molecule has 0 radical (unpaired) electrons. The second kappa shape index (κ2) is 6.78. The minimum absolute atomic E-state index is 0.0280. The van der Waals surface area contributed by atoms with Gasteiger partial charge in [-0.05, 0) is 34.5 Å². The zero-order valence-corrected chi connectivity index (χ0v) is 13.9. The number of thiophene rings is 1. The Balaban J connectivity index is 1.71. The molecule has 0 aliphatic carbocycles. The lowest BCUT2D eigenvalue weighted by molar-refractivity contribution is -0.116. The standard InChI is InChI=1S/C16H19N5OS/c1-11(2)15-18-16(20-19-15)17-14(22)9-13(12-5-8-23-10-12)21-6-3-4-7-21/h3-8,10-11,13H,9H2,1-2H3,(H2,17,18,19,20,22)/t13-/m0/s1. The number of anilines is 1. The summed E-state index contributed by atoms with van der Waals surface area (Å²) in [7, 11) is 0. The SMILES string of the molecule is CC(C)c1nc(NC(=O)C[C@@H](c2ccsc2)n2cccc2)n[nH]1. The van der Waals surface area contributed by atoms with Crippen LogP contribution in [-0.4, -0.2) is 25.7 Å². The molecule has 0 bridgehead atoms. The second-order valence-corrected chi connectivity index (χ2v) is 6.43. The summed E-state index contributed by atoms with van der Waals surface area (Å²) >= 11 is 1.63. The van der Waals surface area contributed by atoms with E-state index in [4.69, 9.17) is 0 Å². The summed E-state index contributed by atoms with van der Waals surface area (Å²) in [4.78, 5) is 16.7. The van der Waals surface area contributed by atoms with E-state index in [1.807, 2.05) is 54.4 Å². The van der Waals surface area contributed by atoms with E-state index in [1.165, 1.54) is 0 Å². The van der Waals surface area contributed by atoms with Gasteiger partial charge in [0.25, 0.3) is 0 Å². The van der Waals surface area contributed by atoms with Gasteiger partial charge in [-0.3, -0.25) is 15.2 Å². The fraction of sp³-hybridized carbons (Fsp3) is 0.312. The molecule has 0 saturated carbocycles. The van der Waals surface area contributed by atoms with Crippen LogP contribution in [0.5, 0.6) is 0 Å². The van der Waals surface area contributed by atoms with Crippen LogP contribution in [0.4, 0.5) is 5.95 Å². The first-order valence-corrected chi connectivity index (χ1v) is 8.44. The molecule has 6 nitrogen and oxygen atoms in total. The van der Waals surface area contributed by atoms with Crippen molar-refractivity contribution in [1.29, 1.82) is 0 Å². The van der Waals surface area contributed by atoms with Gasteiger partial charge in [-0.25, -0.2) is 0 Å². The number of rotatable bonds is 6. The molecule has 1 atom stereocenters. The maximum Gasteiger partial charge on any atom is 0.248 e. The molecular weight excluding hydrogens is 310 g/mol. The third-order valence-corrected chi connectivity index (χ3v) is 4.30. The topological polar surface area (TPSA) is 75.6 Å². The summed E-state index contributed by atoms with van der Waals surface area (Å²) in [6.07, 6.45) is 4.27. The monoisotopic (exact) mass is 329 g/mol. The van der Waals surface area contributed by atoms with Crippen LogP contribution in [0.25, 0.3) is 0 Å². The Morgan fingerprint density at radius 3 is 2.78 bits per heavy atom. The number of nitrogens with one attached hydrogen (secondary N) is 2. The second-order valence-electron chi connectivity index (χ2n) is 5.65. The Morgan fingerprint density at radius 2 is 2.17 bits per heavy atom. The third-order valence-electron chi connectivity index (χ3n) is 3.59. The van der Waals surface area contributed by atoms with E-state index in [2.05, 4.69) is 25.9 Å². The zero-order chi connectivity index (χ0) is 16.2. The lowest BCUT2D eigenvalue weighted by atomic mass is 10.1. The Hall–Kier alpha value is -2.41. The van der Waals surface area contributed by atoms with Crippen LogP contribution in [0.15, 0.2) is 41.4 Å². The fourth-order valence-electron chi connectivity index (χ4n) is 2.36. The molecule has 120 valence electrons. The van der Waals surface area contributed by atoms with Gasteiger partial charge in [0.15, 0.2) is 0 Å². The minimum Gasteiger partial charge on any atom is -0.346 e. The normalized spacial score (nSPS) is 12.5. The van der Waals surface area contributed by atoms with Gasteiger partial charge in [-0.15, -0.1) is 5.10 Å². The average molecular weight is 329 g/mol. The molecule has 2 N–H and O–H groups in total. The number of amides is 1. The van der Waals surface area contributed by atoms with Crippen molar-refractivity contribution < 1.29 is 4.79 Å². The molecule has 0 aliphatic heterocycles. The summed E-state index contributed by atoms with van der Waals surface area (Å²) in [6, 6.07) is 5.94. The number of nitrogens with zero attached hydrogens (tertiary/aromatic N) is 3. The van der Waals surface area contributed by atoms with Crippen molar-refractivity contribution in [3.8, 4) is 0 Å². The number of hydrogen-bond donors (Lipinski definition) is 2. The number of H-pyrrole nitrogens is 1. The van der Waals surface area contributed by atoms with Crippen molar-refractivity contribution in [3.05, 3.63) is 52.7 Å². The maximum atomic E-state index is 12.4. The van der Waals surface area contributed by atoms with Gasteiger partial charge in [0.1, 0.15) is 5.82 Å². The quantitative estimate of drug-likeness (QED) is 0.727. The Morgan fingerprint density at radius 1 is 1.39 bits per heavy atom. The minimum atomic E-state index is -0.107. The van der Waals surface area contributed by atoms with E-state index >= 15 is 0 Å². The molecule has 3 aromatic heterocycles. The molecule has 0 spiro atoms. The van der Waals surface area contributed by atoms with Gasteiger partial charge in [-0.1, -0.05) is 13.8 Å². The summed E-state index contributed by atoms with van der Waals surface area (Å²) < 4.78 is 2.04. The van der Waals surface area contributed by atoms with Gasteiger partial charge in [0, 0.05) is 18.3 Å². The molecule has 0 aromatic carbocycles. The van der Waals surface area contributed by atoms with Crippen molar-refractivity contribution in [2.75, 3.05) is 5.32 Å². The summed E-state index contributed by atoms with van der Waals surface area (Å²) in [5.74, 6) is 1.23. The smallest absolute Gasteiger partial charge is 0.248 e. The van der Waals surface area contributed by atoms with Gasteiger partial charge in [0.2, 0.25) is 11.9 Å². The molecule has 0 fully saturated rings. The molecule has 0 unspecified atom stereocenters. The maximum absolute atomic E-state index is 12.4. The van der Waals surface area contributed by atoms with Crippen LogP contribution in [0.3, 0.4) is 0 Å². The number of hydrogen-bond acceptors (Lipinski definition) is 4. The van der Waals surface area contributed by atoms with E-state index in [0.29, 0.717) is 12.4 Å². The van der Waals surface area contributed by atoms with Crippen LogP contribution in [0, 0.1) is 0 Å². The van der Waals surface area contributed by atoms with E-state index in [1.54, 1.807) is 11.3 Å². The highest BCUT2D eigenvalue weighted by molar-refractivity contribution is 7.08. The highest BCUT2D eigenvalue weighted by atomic mass is 32.1. The fourth-order valence-corrected chi connectivity index (χ4v) is 3.06. The number of carbonyl (C=O) groups is 1. The molecule has 7 heteroatoms. The van der Waals surface area contributed by atoms with Crippen molar-refractivity contribution in [1.82, 2.24) is 19.7 Å². The predicted octanol–water partition coefficient (Wildman–Crippen LogP) is 3.41. The van der Waals surface area contributed by atoms with Crippen LogP contribution in [0.1, 0.15) is 43.6 Å². The Kier molecular flexibility index (Phi) is 4.57. The average Bonchev–Trinajstić information content (AvgIpc) is 3.26. The Bertz CT molecular complexity index is 711. The zero-order valence-electron chi connectivity index (χ0n) is 13.1. The highest BCUT2D eigenvalue weighted by Crippen LogP contribution is 2.25. The third kappa shape index (κ3) is 3.68. The van der Waals surface area contributed by atoms with Crippen molar-refractivity contribution in [3.63, 3.8) is 0 Å². The molecule has 3 rings (SSSR count). The first kappa shape index (κ1) is 15.5. The number of carbonyl (C=O) groups excluding carboxylic acids is 1. The van der Waals surface area contributed by atoms with Crippen molar-refractivity contribution >= 4 is 23.2 Å². The summed E-state index contributed by atoms with van der Waals surface area (Å²) in [5.41, 5.74) is 1.12. The van der Waals surface area contributed by atoms with Gasteiger partial charge >= 0.3 is 0 Å². The predicted molar refractivity (Wildman–Crippen MR) is 90.6 cm³/mol. The summed E-state index contributed by atoms with van der Waals surface area (Å²) in [6.45, 7) is 4.04. The van der Waals surface area contributed by atoms with Crippen LogP contribution in [0.2, 0.25) is 0 Å². The molecule has 23 heavy (non-hydrogen) atoms. The first-order valence-electron chi connectivity index (χ1n) is 7.50. The van der Waals surface area contributed by atoms with Gasteiger partial charge in [0.05, 0.1) is 12.5 Å². The Labute approximate surface area is 138 Å². The highest BCUT2D eigenvalue weighted by Gasteiger charge is 2.19. The largest absolute Gasteiger partial charge is 0.346 e. The molecule has 3 aromatic rings. The van der Waals surface area contributed by atoms with Crippen molar-refractivity contribution in [2.24, 2.45) is 0 Å². The molecule has 1 amide bonds. The summed E-state index contributed by atoms with van der Waals surface area (Å²) in [5, 5.41) is 13.7. The lowest BCUT2D eigenvalue weighted by Gasteiger charge is -2.17. The van der Waals surface area contributed by atoms with E-state index in [-0.39, 0.29) is 17.9 Å². The molecule has 3 heterocycles. The van der Waals surface area contributed by atoms with E-state index < -0.39 is 0 Å². The van der Waals surface area contributed by atoms with E-state index in [0.717, 1.165) is 11.4 Å². The van der Waals surface area contributed by atoms with Crippen LogP contribution in [-0.2, 0) is 4.79 Å². The van der Waals surface area contributed by atoms with Crippen LogP contribution >= 0.6 is 11.3 Å². The van der Waals surface area contributed by atoms with Crippen molar-refractivity contribution in [2.45, 2.75) is 32.2 Å². The van der Waals surface area contributed by atoms with Gasteiger partial charge < -0.3 is 4.57 Å². The van der Waals surface area contributed by atoms with E-state index in [9.17, 15) is 4.79 Å². The molecular formula is C16H19N5OS. The van der Waals surface area contributed by atoms with Crippen LogP contribution < -0.4 is 5.32 Å². The van der Waals surface area contributed by atoms with Gasteiger partial charge in [-0.2, -0.15) is 16.3 Å². The number of aromatic nitrogens is 4. The first-order chi connectivity index (χ1) is 11.1.